The molecule has 1 saturated heterocycles. The van der Waals surface area contributed by atoms with E-state index in [9.17, 15) is 26.3 Å². The quantitative estimate of drug-likeness (QED) is 0.202. The Bertz CT molecular complexity index is 1530. The molecule has 1 aliphatic rings. The van der Waals surface area contributed by atoms with Crippen LogP contribution in [-0.4, -0.2) is 45.0 Å². The third kappa shape index (κ3) is 7.47. The van der Waals surface area contributed by atoms with Crippen molar-refractivity contribution in [1.82, 2.24) is 19.9 Å². The van der Waals surface area contributed by atoms with Crippen LogP contribution < -0.4 is 10.2 Å². The normalized spacial score (nSPS) is 15.0. The van der Waals surface area contributed by atoms with Gasteiger partial charge in [-0.15, -0.1) is 0 Å². The Kier molecular flexibility index (Phi) is 9.10. The maximum Gasteiger partial charge on any atom is 0.419 e. The summed E-state index contributed by atoms with van der Waals surface area (Å²) in [5.41, 5.74) is 0.804. The van der Waals surface area contributed by atoms with Crippen LogP contribution in [-0.2, 0) is 18.9 Å². The molecule has 44 heavy (non-hydrogen) atoms. The van der Waals surface area contributed by atoms with Gasteiger partial charge < -0.3 is 15.1 Å². The van der Waals surface area contributed by atoms with Gasteiger partial charge in [0, 0.05) is 55.4 Å². The average Bonchev–Trinajstić information content (AvgIpc) is 3.00. The number of halogens is 6. The lowest BCUT2D eigenvalue weighted by molar-refractivity contribution is -0.138. The van der Waals surface area contributed by atoms with Gasteiger partial charge in [0.05, 0.1) is 16.8 Å². The number of hydrogen-bond acceptors (Lipinski definition) is 6. The molecule has 1 aliphatic heterocycles. The molecule has 0 atom stereocenters. The molecule has 6 nitrogen and oxygen atoms in total. The zero-order chi connectivity index (χ0) is 31.5. The lowest BCUT2D eigenvalue weighted by Gasteiger charge is -2.40. The Balaban J connectivity index is 1.39. The van der Waals surface area contributed by atoms with Crippen LogP contribution in [0.15, 0.2) is 79.1 Å². The van der Waals surface area contributed by atoms with Crippen molar-refractivity contribution in [2.75, 3.05) is 23.3 Å². The van der Waals surface area contributed by atoms with Crippen molar-refractivity contribution in [2.45, 2.75) is 57.7 Å². The summed E-state index contributed by atoms with van der Waals surface area (Å²) in [4.78, 5) is 17.7. The van der Waals surface area contributed by atoms with Crippen molar-refractivity contribution < 1.29 is 26.3 Å². The first-order valence-electron chi connectivity index (χ1n) is 14.3. The van der Waals surface area contributed by atoms with Crippen LogP contribution in [0.3, 0.4) is 0 Å². The number of alkyl halides is 6. The zero-order valence-electron chi connectivity index (χ0n) is 24.2. The van der Waals surface area contributed by atoms with E-state index in [4.69, 9.17) is 4.98 Å². The van der Waals surface area contributed by atoms with Gasteiger partial charge in [-0.1, -0.05) is 24.3 Å². The van der Waals surface area contributed by atoms with E-state index in [-0.39, 0.29) is 11.9 Å². The molecule has 2 aromatic carbocycles. The highest BCUT2D eigenvalue weighted by Crippen LogP contribution is 2.35. The number of aromatic nitrogens is 3. The number of hydrogen-bond donors (Lipinski definition) is 1. The first kappa shape index (κ1) is 31.2. The van der Waals surface area contributed by atoms with Gasteiger partial charge in [0.1, 0.15) is 5.82 Å². The standard InChI is InChI=1S/C32H32F6N6/c1-21(2)43-18-14-26(15-19-43)44(30-40-17-13-28(42-30)23-7-9-24(10-8-23)31(33,34)35)20-22-5-11-25(12-6-22)41-29-27(32(36,37)38)4-3-16-39-29/h3-13,16-17,21,26H,14-15,18-20H2,1-2H3,(H,39,41). The molecule has 0 radical (unpaired) electrons. The van der Waals surface area contributed by atoms with Crippen LogP contribution in [0.25, 0.3) is 11.3 Å². The maximum absolute atomic E-state index is 13.4. The molecule has 0 saturated carbocycles. The van der Waals surface area contributed by atoms with Crippen molar-refractivity contribution in [3.8, 4) is 11.3 Å². The summed E-state index contributed by atoms with van der Waals surface area (Å²) < 4.78 is 79.5. The molecule has 232 valence electrons. The fraction of sp³-hybridized carbons (Fsp3) is 0.344. The van der Waals surface area contributed by atoms with E-state index < -0.39 is 23.5 Å². The molecule has 2 aromatic heterocycles. The third-order valence-corrected chi connectivity index (χ3v) is 7.76. The number of piperidine rings is 1. The fourth-order valence-corrected chi connectivity index (χ4v) is 5.32. The van der Waals surface area contributed by atoms with E-state index >= 15 is 0 Å². The molecule has 0 aliphatic carbocycles. The van der Waals surface area contributed by atoms with E-state index in [0.717, 1.165) is 49.7 Å². The summed E-state index contributed by atoms with van der Waals surface area (Å²) in [6.45, 7) is 6.54. The summed E-state index contributed by atoms with van der Waals surface area (Å²) in [7, 11) is 0. The number of nitrogens with zero attached hydrogens (tertiary/aromatic N) is 5. The Morgan fingerprint density at radius 1 is 0.841 bits per heavy atom. The second-order valence-electron chi connectivity index (χ2n) is 11.0. The van der Waals surface area contributed by atoms with E-state index in [1.165, 1.54) is 24.4 Å². The van der Waals surface area contributed by atoms with E-state index in [1.807, 2.05) is 12.1 Å². The smallest absolute Gasteiger partial charge is 0.340 e. The number of rotatable bonds is 8. The Hall–Kier alpha value is -4.19. The topological polar surface area (TPSA) is 57.2 Å². The Labute approximate surface area is 251 Å². The molecule has 0 amide bonds. The van der Waals surface area contributed by atoms with E-state index in [2.05, 4.69) is 38.9 Å². The molecule has 1 fully saturated rings. The lowest BCUT2D eigenvalue weighted by Crippen LogP contribution is -2.47. The molecule has 0 spiro atoms. The minimum absolute atomic E-state index is 0.105. The number of benzene rings is 2. The molecule has 1 N–H and O–H groups in total. The summed E-state index contributed by atoms with van der Waals surface area (Å²) in [5, 5.41) is 2.76. The van der Waals surface area contributed by atoms with E-state index in [1.54, 1.807) is 24.4 Å². The van der Waals surface area contributed by atoms with Crippen molar-refractivity contribution in [1.29, 1.82) is 0 Å². The Morgan fingerprint density at radius 2 is 1.52 bits per heavy atom. The molecule has 3 heterocycles. The van der Waals surface area contributed by atoms with Crippen molar-refractivity contribution in [3.63, 3.8) is 0 Å². The summed E-state index contributed by atoms with van der Waals surface area (Å²) in [6, 6.07) is 16.3. The first-order valence-corrected chi connectivity index (χ1v) is 14.3. The third-order valence-electron chi connectivity index (χ3n) is 7.76. The van der Waals surface area contributed by atoms with Gasteiger partial charge in [-0.2, -0.15) is 26.3 Å². The van der Waals surface area contributed by atoms with Crippen LogP contribution in [0, 0.1) is 0 Å². The maximum atomic E-state index is 13.4. The number of nitrogens with one attached hydrogen (secondary N) is 1. The highest BCUT2D eigenvalue weighted by atomic mass is 19.4. The molecule has 0 unspecified atom stereocenters. The summed E-state index contributed by atoms with van der Waals surface area (Å²) >= 11 is 0. The highest BCUT2D eigenvalue weighted by molar-refractivity contribution is 5.62. The van der Waals surface area contributed by atoms with Gasteiger partial charge in [0.2, 0.25) is 5.95 Å². The second-order valence-corrected chi connectivity index (χ2v) is 11.0. The van der Waals surface area contributed by atoms with Crippen LogP contribution in [0.4, 0.5) is 43.8 Å². The van der Waals surface area contributed by atoms with E-state index in [0.29, 0.717) is 35.5 Å². The average molecular weight is 615 g/mol. The van der Waals surface area contributed by atoms with Crippen LogP contribution in [0.2, 0.25) is 0 Å². The predicted molar refractivity (Wildman–Crippen MR) is 157 cm³/mol. The largest absolute Gasteiger partial charge is 0.419 e. The van der Waals surface area contributed by atoms with Gasteiger partial charge in [-0.25, -0.2) is 15.0 Å². The lowest BCUT2D eigenvalue weighted by atomic mass is 10.0. The summed E-state index contributed by atoms with van der Waals surface area (Å²) in [6.07, 6.45) is -4.34. The second kappa shape index (κ2) is 12.8. The number of likely N-dealkylation sites (tertiary alicyclic amines) is 1. The van der Waals surface area contributed by atoms with Crippen LogP contribution in [0.1, 0.15) is 43.4 Å². The number of pyridine rings is 1. The SMILES string of the molecule is CC(C)N1CCC(N(Cc2ccc(Nc3ncccc3C(F)(F)F)cc2)c2nccc(-c3ccc(C(F)(F)F)cc3)n2)CC1. The van der Waals surface area contributed by atoms with Crippen LogP contribution in [0.5, 0.6) is 0 Å². The van der Waals surface area contributed by atoms with Gasteiger partial charge in [0.25, 0.3) is 0 Å². The Morgan fingerprint density at radius 3 is 2.14 bits per heavy atom. The molecule has 5 rings (SSSR count). The predicted octanol–water partition coefficient (Wildman–Crippen LogP) is 8.20. The van der Waals surface area contributed by atoms with Crippen molar-refractivity contribution in [3.05, 3.63) is 95.8 Å². The van der Waals surface area contributed by atoms with Crippen molar-refractivity contribution >= 4 is 17.5 Å². The fourth-order valence-electron chi connectivity index (χ4n) is 5.32. The van der Waals surface area contributed by atoms with Gasteiger partial charge in [-0.3, -0.25) is 0 Å². The van der Waals surface area contributed by atoms with Gasteiger partial charge in [0.15, 0.2) is 0 Å². The monoisotopic (exact) mass is 614 g/mol. The van der Waals surface area contributed by atoms with Gasteiger partial charge in [-0.05, 0) is 74.7 Å². The molecule has 0 bridgehead atoms. The minimum Gasteiger partial charge on any atom is -0.340 e. The molecular weight excluding hydrogens is 582 g/mol. The number of anilines is 3. The first-order chi connectivity index (χ1) is 20.9. The molecule has 4 aromatic rings. The summed E-state index contributed by atoms with van der Waals surface area (Å²) in [5.74, 6) is 0.177. The van der Waals surface area contributed by atoms with Crippen LogP contribution >= 0.6 is 0 Å². The zero-order valence-corrected chi connectivity index (χ0v) is 24.2. The minimum atomic E-state index is -4.54. The molecular formula is C32H32F6N6. The van der Waals surface area contributed by atoms with Gasteiger partial charge >= 0.3 is 12.4 Å². The molecule has 12 heteroatoms. The van der Waals surface area contributed by atoms with Crippen molar-refractivity contribution in [2.24, 2.45) is 0 Å². The highest BCUT2D eigenvalue weighted by Gasteiger charge is 2.34.